The summed E-state index contributed by atoms with van der Waals surface area (Å²) >= 11 is 0. The molecule has 5 nitrogen and oxygen atoms in total. The highest BCUT2D eigenvalue weighted by Crippen LogP contribution is 2.22. The van der Waals surface area contributed by atoms with Crippen molar-refractivity contribution in [2.45, 2.75) is 25.4 Å². The molecule has 1 aliphatic rings. The predicted octanol–water partition coefficient (Wildman–Crippen LogP) is 1.93. The van der Waals surface area contributed by atoms with Crippen molar-refractivity contribution in [2.24, 2.45) is 10.7 Å². The lowest BCUT2D eigenvalue weighted by Crippen LogP contribution is -2.31. The Hall–Kier alpha value is -2.40. The second-order valence-corrected chi connectivity index (χ2v) is 5.77. The highest BCUT2D eigenvalue weighted by atomic mass is 16.1. The average Bonchev–Trinajstić information content (AvgIpc) is 2.93. The first-order valence-corrected chi connectivity index (χ1v) is 6.86. The number of carbonyl (C=O) groups is 1. The summed E-state index contributed by atoms with van der Waals surface area (Å²) in [7, 11) is 0. The summed E-state index contributed by atoms with van der Waals surface area (Å²) in [5.74, 6) is 0.678. The number of hydrogen-bond acceptors (Lipinski definition) is 4. The summed E-state index contributed by atoms with van der Waals surface area (Å²) in [4.78, 5) is 15.7. The van der Waals surface area contributed by atoms with E-state index in [1.165, 1.54) is 0 Å². The van der Waals surface area contributed by atoms with E-state index in [1.807, 2.05) is 61.1 Å². The lowest BCUT2D eigenvalue weighted by atomic mass is 9.94. The van der Waals surface area contributed by atoms with E-state index in [0.29, 0.717) is 5.84 Å². The van der Waals surface area contributed by atoms with Crippen LogP contribution >= 0.6 is 0 Å². The zero-order chi connectivity index (χ0) is 15.0. The molecule has 108 valence electrons. The number of carbonyl (C=O) groups excluding carboxylic acids is 1. The molecule has 3 N–H and O–H groups in total. The van der Waals surface area contributed by atoms with Crippen LogP contribution in [0.15, 0.2) is 47.6 Å². The van der Waals surface area contributed by atoms with Gasteiger partial charge in [0.05, 0.1) is 5.69 Å². The van der Waals surface area contributed by atoms with Crippen molar-refractivity contribution in [2.75, 3.05) is 5.43 Å². The average molecular weight is 282 g/mol. The van der Waals surface area contributed by atoms with Crippen molar-refractivity contribution in [1.82, 2.24) is 4.68 Å². The number of aromatic nitrogens is 1. The van der Waals surface area contributed by atoms with Crippen LogP contribution < -0.4 is 11.2 Å². The molecule has 1 unspecified atom stereocenters. The van der Waals surface area contributed by atoms with Gasteiger partial charge in [-0.2, -0.15) is 0 Å². The van der Waals surface area contributed by atoms with Gasteiger partial charge in [0.25, 0.3) is 0 Å². The van der Waals surface area contributed by atoms with E-state index in [1.54, 1.807) is 0 Å². The summed E-state index contributed by atoms with van der Waals surface area (Å²) in [5, 5.41) is 0. The SMILES string of the molecule is CC(C)(N)c1ccc(C2=NC(C=O)c3cccn3N2)cc1. The summed E-state index contributed by atoms with van der Waals surface area (Å²) in [6.45, 7) is 3.93. The molecule has 0 saturated carbocycles. The minimum absolute atomic E-state index is 0.376. The Kier molecular flexibility index (Phi) is 3.14. The van der Waals surface area contributed by atoms with Crippen LogP contribution in [0.1, 0.15) is 36.7 Å². The fourth-order valence-electron chi connectivity index (χ4n) is 2.38. The molecule has 0 bridgehead atoms. The molecule has 0 amide bonds. The summed E-state index contributed by atoms with van der Waals surface area (Å²) in [5.41, 5.74) is 11.7. The summed E-state index contributed by atoms with van der Waals surface area (Å²) < 4.78 is 1.82. The van der Waals surface area contributed by atoms with E-state index >= 15 is 0 Å². The van der Waals surface area contributed by atoms with Gasteiger partial charge in [-0.1, -0.05) is 24.3 Å². The highest BCUT2D eigenvalue weighted by Gasteiger charge is 2.21. The molecule has 21 heavy (non-hydrogen) atoms. The number of hydrogen-bond donors (Lipinski definition) is 2. The van der Waals surface area contributed by atoms with Crippen LogP contribution in [0, 0.1) is 0 Å². The maximum absolute atomic E-state index is 11.2. The van der Waals surface area contributed by atoms with Crippen molar-refractivity contribution in [3.8, 4) is 0 Å². The second-order valence-electron chi connectivity index (χ2n) is 5.77. The standard InChI is InChI=1S/C16H18N4O/c1-16(2,17)12-7-5-11(6-8-12)15-18-13(10-21)14-4-3-9-20(14)19-15/h3-10,13H,17H2,1-2H3,(H,18,19). The first-order valence-electron chi connectivity index (χ1n) is 6.86. The van der Waals surface area contributed by atoms with Crippen LogP contribution in [0.25, 0.3) is 0 Å². The number of nitrogens with zero attached hydrogens (tertiary/aromatic N) is 2. The molecule has 2 aromatic rings. The maximum Gasteiger partial charge on any atom is 0.150 e. The van der Waals surface area contributed by atoms with Gasteiger partial charge >= 0.3 is 0 Å². The third-order valence-electron chi connectivity index (χ3n) is 3.61. The molecule has 0 fully saturated rings. The molecule has 0 aliphatic carbocycles. The minimum atomic E-state index is -0.470. The Labute approximate surface area is 123 Å². The zero-order valence-electron chi connectivity index (χ0n) is 12.1. The third kappa shape index (κ3) is 2.48. The Morgan fingerprint density at radius 2 is 2.00 bits per heavy atom. The van der Waals surface area contributed by atoms with E-state index in [4.69, 9.17) is 5.73 Å². The Morgan fingerprint density at radius 3 is 2.62 bits per heavy atom. The number of nitrogens with two attached hydrogens (primary N) is 1. The number of amidine groups is 1. The molecule has 0 radical (unpaired) electrons. The molecule has 1 atom stereocenters. The Bertz CT molecular complexity index is 692. The normalized spacial score (nSPS) is 17.7. The van der Waals surface area contributed by atoms with E-state index in [9.17, 15) is 4.79 Å². The van der Waals surface area contributed by atoms with E-state index in [2.05, 4.69) is 10.4 Å². The minimum Gasteiger partial charge on any atom is -0.322 e. The van der Waals surface area contributed by atoms with E-state index in [-0.39, 0.29) is 5.54 Å². The number of benzene rings is 1. The molecule has 0 saturated heterocycles. The molecule has 2 heterocycles. The van der Waals surface area contributed by atoms with Crippen molar-refractivity contribution < 1.29 is 4.79 Å². The zero-order valence-corrected chi connectivity index (χ0v) is 12.1. The quantitative estimate of drug-likeness (QED) is 0.845. The fraction of sp³-hybridized carbons (Fsp3) is 0.250. The number of aliphatic imine (C=N–C) groups is 1. The van der Waals surface area contributed by atoms with Crippen LogP contribution in [0.5, 0.6) is 0 Å². The molecule has 3 rings (SSSR count). The van der Waals surface area contributed by atoms with Gasteiger partial charge in [0.2, 0.25) is 0 Å². The molecule has 0 spiro atoms. The maximum atomic E-state index is 11.2. The second kappa shape index (κ2) is 4.86. The number of aldehydes is 1. The molecule has 5 heteroatoms. The largest absolute Gasteiger partial charge is 0.322 e. The Balaban J connectivity index is 1.94. The molecular formula is C16H18N4O. The van der Waals surface area contributed by atoms with Crippen molar-refractivity contribution >= 4 is 12.1 Å². The van der Waals surface area contributed by atoms with Crippen LogP contribution in [-0.4, -0.2) is 16.8 Å². The van der Waals surface area contributed by atoms with Crippen LogP contribution in [0.3, 0.4) is 0 Å². The number of rotatable bonds is 3. The van der Waals surface area contributed by atoms with Gasteiger partial charge in [-0.05, 0) is 31.5 Å². The molecular weight excluding hydrogens is 264 g/mol. The smallest absolute Gasteiger partial charge is 0.150 e. The van der Waals surface area contributed by atoms with E-state index < -0.39 is 6.04 Å². The van der Waals surface area contributed by atoms with Crippen LogP contribution in [-0.2, 0) is 10.3 Å². The van der Waals surface area contributed by atoms with Gasteiger partial charge in [0.15, 0.2) is 6.29 Å². The lowest BCUT2D eigenvalue weighted by molar-refractivity contribution is -0.109. The van der Waals surface area contributed by atoms with Crippen LogP contribution in [0.4, 0.5) is 0 Å². The van der Waals surface area contributed by atoms with Gasteiger partial charge in [-0.25, -0.2) is 4.99 Å². The molecule has 1 aromatic carbocycles. The van der Waals surface area contributed by atoms with Crippen LogP contribution in [0.2, 0.25) is 0 Å². The first-order chi connectivity index (χ1) is 9.99. The van der Waals surface area contributed by atoms with Gasteiger partial charge in [0.1, 0.15) is 11.9 Å². The number of fused-ring (bicyclic) bond motifs is 1. The number of nitrogens with one attached hydrogen (secondary N) is 1. The van der Waals surface area contributed by atoms with Crippen molar-refractivity contribution in [1.29, 1.82) is 0 Å². The van der Waals surface area contributed by atoms with Gasteiger partial charge in [-0.3, -0.25) is 10.1 Å². The predicted molar refractivity (Wildman–Crippen MR) is 82.8 cm³/mol. The molecule has 1 aromatic heterocycles. The summed E-state index contributed by atoms with van der Waals surface area (Å²) in [6, 6.07) is 11.2. The topological polar surface area (TPSA) is 72.4 Å². The van der Waals surface area contributed by atoms with E-state index in [0.717, 1.165) is 23.1 Å². The third-order valence-corrected chi connectivity index (χ3v) is 3.61. The Morgan fingerprint density at radius 1 is 1.29 bits per heavy atom. The molecule has 1 aliphatic heterocycles. The van der Waals surface area contributed by atoms with Gasteiger partial charge in [0, 0.05) is 17.3 Å². The van der Waals surface area contributed by atoms with Crippen molar-refractivity contribution in [3.63, 3.8) is 0 Å². The fourth-order valence-corrected chi connectivity index (χ4v) is 2.38. The highest BCUT2D eigenvalue weighted by molar-refractivity contribution is 6.05. The first kappa shape index (κ1) is 13.6. The monoisotopic (exact) mass is 282 g/mol. The van der Waals surface area contributed by atoms with Gasteiger partial charge < -0.3 is 10.5 Å². The lowest BCUT2D eigenvalue weighted by Gasteiger charge is -2.23. The van der Waals surface area contributed by atoms with Crippen molar-refractivity contribution in [3.05, 3.63) is 59.4 Å². The van der Waals surface area contributed by atoms with Gasteiger partial charge in [-0.15, -0.1) is 0 Å². The summed E-state index contributed by atoms with van der Waals surface area (Å²) in [6.07, 6.45) is 2.72.